The number of aliphatic hydroxyl groups is 1. The van der Waals surface area contributed by atoms with Crippen LogP contribution in [0.15, 0.2) is 18.2 Å². The second-order valence-corrected chi connectivity index (χ2v) is 4.47. The first-order chi connectivity index (χ1) is 8.86. The number of nitro groups is 1. The molecule has 104 valence electrons. The van der Waals surface area contributed by atoms with Crippen LogP contribution in [0.2, 0.25) is 0 Å². The average Bonchev–Trinajstić information content (AvgIpc) is 2.34. The number of carboxylic acid groups (broad SMARTS) is 1. The molecule has 0 unspecified atom stereocenters. The summed E-state index contributed by atoms with van der Waals surface area (Å²) in [6, 6.07) is 3.53. The molecule has 0 aromatic heterocycles. The summed E-state index contributed by atoms with van der Waals surface area (Å²) in [5.74, 6) is -1.22. The molecule has 0 radical (unpaired) electrons. The van der Waals surface area contributed by atoms with E-state index >= 15 is 0 Å². The molecule has 0 saturated heterocycles. The van der Waals surface area contributed by atoms with Crippen LogP contribution in [-0.2, 0) is 0 Å². The molecule has 1 rings (SSSR count). The van der Waals surface area contributed by atoms with Gasteiger partial charge in [-0.1, -0.05) is 13.8 Å². The van der Waals surface area contributed by atoms with Crippen LogP contribution in [0.5, 0.6) is 0 Å². The van der Waals surface area contributed by atoms with Gasteiger partial charge >= 0.3 is 5.97 Å². The van der Waals surface area contributed by atoms with Crippen LogP contribution >= 0.6 is 0 Å². The van der Waals surface area contributed by atoms with Gasteiger partial charge in [0.15, 0.2) is 0 Å². The quantitative estimate of drug-likeness (QED) is 0.535. The molecule has 0 bridgehead atoms. The van der Waals surface area contributed by atoms with Gasteiger partial charge in [-0.25, -0.2) is 4.79 Å². The predicted octanol–water partition coefficient (Wildman–Crippen LogP) is 1.72. The first-order valence-corrected chi connectivity index (χ1v) is 5.76. The lowest BCUT2D eigenvalue weighted by atomic mass is 10.0. The normalized spacial score (nSPS) is 12.2. The minimum Gasteiger partial charge on any atom is -0.477 e. The number of hydrogen-bond acceptors (Lipinski definition) is 5. The maximum absolute atomic E-state index is 10.9. The van der Waals surface area contributed by atoms with Crippen molar-refractivity contribution in [3.63, 3.8) is 0 Å². The maximum atomic E-state index is 10.9. The Morgan fingerprint density at radius 1 is 1.47 bits per heavy atom. The van der Waals surface area contributed by atoms with E-state index in [-0.39, 0.29) is 24.1 Å². The Labute approximate surface area is 110 Å². The van der Waals surface area contributed by atoms with Crippen molar-refractivity contribution in [1.29, 1.82) is 0 Å². The van der Waals surface area contributed by atoms with Crippen LogP contribution in [-0.4, -0.2) is 33.8 Å². The van der Waals surface area contributed by atoms with Gasteiger partial charge in [0, 0.05) is 11.8 Å². The molecule has 1 aromatic rings. The van der Waals surface area contributed by atoms with Crippen LogP contribution in [0.25, 0.3) is 0 Å². The molecule has 0 spiro atoms. The van der Waals surface area contributed by atoms with E-state index in [2.05, 4.69) is 5.32 Å². The molecule has 1 atom stereocenters. The summed E-state index contributed by atoms with van der Waals surface area (Å²) >= 11 is 0. The van der Waals surface area contributed by atoms with E-state index in [0.29, 0.717) is 5.69 Å². The number of nitrogens with one attached hydrogen (secondary N) is 1. The molecule has 0 aliphatic rings. The summed E-state index contributed by atoms with van der Waals surface area (Å²) in [5.41, 5.74) is -0.428. The van der Waals surface area contributed by atoms with Crippen molar-refractivity contribution in [3.8, 4) is 0 Å². The Kier molecular flexibility index (Phi) is 4.82. The van der Waals surface area contributed by atoms with E-state index in [9.17, 15) is 20.0 Å². The molecule has 7 nitrogen and oxygen atoms in total. The number of anilines is 1. The highest BCUT2D eigenvalue weighted by Gasteiger charge is 2.21. The van der Waals surface area contributed by atoms with Crippen molar-refractivity contribution < 1.29 is 19.9 Å². The molecule has 0 heterocycles. The summed E-state index contributed by atoms with van der Waals surface area (Å²) < 4.78 is 0. The van der Waals surface area contributed by atoms with Crippen molar-refractivity contribution >= 4 is 17.3 Å². The number of carboxylic acids is 1. The van der Waals surface area contributed by atoms with Crippen molar-refractivity contribution in [1.82, 2.24) is 0 Å². The summed E-state index contributed by atoms with van der Waals surface area (Å²) in [5, 5.41) is 31.8. The number of nitrogens with zero attached hydrogens (tertiary/aromatic N) is 1. The zero-order valence-electron chi connectivity index (χ0n) is 10.7. The van der Waals surface area contributed by atoms with E-state index in [4.69, 9.17) is 5.11 Å². The van der Waals surface area contributed by atoms with Gasteiger partial charge in [0.1, 0.15) is 5.56 Å². The molecule has 0 aliphatic carbocycles. The Morgan fingerprint density at radius 2 is 2.11 bits per heavy atom. The number of aromatic carboxylic acids is 1. The molecule has 3 N–H and O–H groups in total. The predicted molar refractivity (Wildman–Crippen MR) is 69.4 cm³/mol. The lowest BCUT2D eigenvalue weighted by molar-refractivity contribution is -0.385. The van der Waals surface area contributed by atoms with Gasteiger partial charge in [-0.2, -0.15) is 0 Å². The maximum Gasteiger partial charge on any atom is 0.342 e. The third kappa shape index (κ3) is 3.65. The molecular formula is C12H16N2O5. The van der Waals surface area contributed by atoms with E-state index < -0.39 is 16.6 Å². The average molecular weight is 268 g/mol. The standard InChI is InChI=1S/C12H16N2O5/c1-7(2)10(6-15)13-8-3-4-9(12(16)17)11(5-8)14(18)19/h3-5,7,10,13,15H,6H2,1-2H3,(H,16,17)/t10-/m1/s1. The van der Waals surface area contributed by atoms with Gasteiger partial charge in [-0.05, 0) is 18.1 Å². The van der Waals surface area contributed by atoms with Crippen LogP contribution < -0.4 is 5.32 Å². The summed E-state index contributed by atoms with van der Waals surface area (Å²) in [7, 11) is 0. The largest absolute Gasteiger partial charge is 0.477 e. The number of hydrogen-bond donors (Lipinski definition) is 3. The van der Waals surface area contributed by atoms with Crippen molar-refractivity contribution in [2.24, 2.45) is 5.92 Å². The molecule has 19 heavy (non-hydrogen) atoms. The molecule has 0 amide bonds. The lowest BCUT2D eigenvalue weighted by Crippen LogP contribution is -2.29. The van der Waals surface area contributed by atoms with Gasteiger partial charge in [0.2, 0.25) is 0 Å². The fourth-order valence-electron chi connectivity index (χ4n) is 1.59. The molecule has 7 heteroatoms. The molecule has 1 aromatic carbocycles. The van der Waals surface area contributed by atoms with E-state index in [1.165, 1.54) is 12.1 Å². The minimum atomic E-state index is -1.35. The number of carbonyl (C=O) groups is 1. The van der Waals surface area contributed by atoms with Crippen LogP contribution in [0.3, 0.4) is 0 Å². The van der Waals surface area contributed by atoms with Gasteiger partial charge in [0.25, 0.3) is 5.69 Å². The molecular weight excluding hydrogens is 252 g/mol. The van der Waals surface area contributed by atoms with E-state index in [1.54, 1.807) is 0 Å². The Balaban J connectivity index is 3.08. The Bertz CT molecular complexity index is 487. The fourth-order valence-corrected chi connectivity index (χ4v) is 1.59. The van der Waals surface area contributed by atoms with Gasteiger partial charge < -0.3 is 15.5 Å². The van der Waals surface area contributed by atoms with Crippen LogP contribution in [0.1, 0.15) is 24.2 Å². The number of benzene rings is 1. The smallest absolute Gasteiger partial charge is 0.342 e. The first-order valence-electron chi connectivity index (χ1n) is 5.76. The van der Waals surface area contributed by atoms with Crippen molar-refractivity contribution in [2.45, 2.75) is 19.9 Å². The topological polar surface area (TPSA) is 113 Å². The number of rotatable bonds is 6. The highest BCUT2D eigenvalue weighted by Crippen LogP contribution is 2.24. The van der Waals surface area contributed by atoms with Gasteiger partial charge in [-0.15, -0.1) is 0 Å². The first kappa shape index (κ1) is 14.9. The van der Waals surface area contributed by atoms with Crippen molar-refractivity contribution in [2.75, 3.05) is 11.9 Å². The summed E-state index contributed by atoms with van der Waals surface area (Å²) in [6.45, 7) is 3.67. The highest BCUT2D eigenvalue weighted by molar-refractivity contribution is 5.93. The second-order valence-electron chi connectivity index (χ2n) is 4.47. The van der Waals surface area contributed by atoms with Gasteiger partial charge in [-0.3, -0.25) is 10.1 Å². The van der Waals surface area contributed by atoms with E-state index in [0.717, 1.165) is 6.07 Å². The second kappa shape index (κ2) is 6.14. The monoisotopic (exact) mass is 268 g/mol. The molecule has 0 aliphatic heterocycles. The van der Waals surface area contributed by atoms with Crippen molar-refractivity contribution in [3.05, 3.63) is 33.9 Å². The fraction of sp³-hybridized carbons (Fsp3) is 0.417. The summed E-state index contributed by atoms with van der Waals surface area (Å²) in [6.07, 6.45) is 0. The zero-order valence-corrected chi connectivity index (χ0v) is 10.7. The van der Waals surface area contributed by atoms with E-state index in [1.807, 2.05) is 13.8 Å². The lowest BCUT2D eigenvalue weighted by Gasteiger charge is -2.21. The van der Waals surface area contributed by atoms with Crippen LogP contribution in [0.4, 0.5) is 11.4 Å². The minimum absolute atomic E-state index is 0.119. The third-order valence-electron chi connectivity index (χ3n) is 2.78. The zero-order chi connectivity index (χ0) is 14.6. The summed E-state index contributed by atoms with van der Waals surface area (Å²) in [4.78, 5) is 21.0. The SMILES string of the molecule is CC(C)[C@@H](CO)Nc1ccc(C(=O)O)c([N+](=O)[O-])c1. The Morgan fingerprint density at radius 3 is 2.53 bits per heavy atom. The molecule has 0 fully saturated rings. The number of aliphatic hydroxyl groups excluding tert-OH is 1. The highest BCUT2D eigenvalue weighted by atomic mass is 16.6. The number of nitro benzene ring substituents is 1. The third-order valence-corrected chi connectivity index (χ3v) is 2.78. The Hall–Kier alpha value is -2.15. The van der Waals surface area contributed by atoms with Gasteiger partial charge in [0.05, 0.1) is 17.6 Å². The van der Waals surface area contributed by atoms with Crippen LogP contribution in [0, 0.1) is 16.0 Å². The molecule has 0 saturated carbocycles.